The molecule has 2 aromatic heterocycles. The van der Waals surface area contributed by atoms with E-state index in [1.54, 1.807) is 6.20 Å². The first kappa shape index (κ1) is 12.2. The van der Waals surface area contributed by atoms with Crippen molar-refractivity contribution < 1.29 is 0 Å². The summed E-state index contributed by atoms with van der Waals surface area (Å²) in [6, 6.07) is 14.3. The van der Waals surface area contributed by atoms with Crippen LogP contribution in [0, 0.1) is 0 Å². The molecule has 0 bridgehead atoms. The van der Waals surface area contributed by atoms with Gasteiger partial charge in [0.25, 0.3) is 0 Å². The largest absolute Gasteiger partial charge is 0.311 e. The number of imidazole rings is 1. The first-order valence-corrected chi connectivity index (χ1v) is 6.82. The van der Waals surface area contributed by atoms with Crippen LogP contribution in [0.15, 0.2) is 48.7 Å². The summed E-state index contributed by atoms with van der Waals surface area (Å²) in [7, 11) is 0. The van der Waals surface area contributed by atoms with Crippen LogP contribution in [0.2, 0.25) is 0 Å². The Balaban J connectivity index is 1.91. The molecule has 19 heavy (non-hydrogen) atoms. The Morgan fingerprint density at radius 3 is 2.68 bits per heavy atom. The second-order valence-corrected chi connectivity index (χ2v) is 4.66. The van der Waals surface area contributed by atoms with E-state index in [0.29, 0.717) is 5.88 Å². The summed E-state index contributed by atoms with van der Waals surface area (Å²) in [4.78, 5) is 8.92. The quantitative estimate of drug-likeness (QED) is 0.681. The number of pyridine rings is 1. The Labute approximate surface area is 116 Å². The lowest BCUT2D eigenvalue weighted by molar-refractivity contribution is 0.682. The van der Waals surface area contributed by atoms with Gasteiger partial charge in [0.2, 0.25) is 0 Å². The first-order chi connectivity index (χ1) is 9.38. The van der Waals surface area contributed by atoms with Gasteiger partial charge in [0, 0.05) is 12.7 Å². The number of alkyl halides is 1. The summed E-state index contributed by atoms with van der Waals surface area (Å²) < 4.78 is 2.11. The number of hydrogen-bond acceptors (Lipinski definition) is 2. The first-order valence-electron chi connectivity index (χ1n) is 6.28. The maximum absolute atomic E-state index is 5.97. The van der Waals surface area contributed by atoms with Crippen molar-refractivity contribution in [2.75, 3.05) is 0 Å². The molecule has 96 valence electrons. The molecule has 2 heterocycles. The van der Waals surface area contributed by atoms with Crippen LogP contribution in [0.4, 0.5) is 0 Å². The third-order valence-corrected chi connectivity index (χ3v) is 3.41. The Morgan fingerprint density at radius 1 is 1.05 bits per heavy atom. The molecule has 0 unspecified atom stereocenters. The van der Waals surface area contributed by atoms with Crippen LogP contribution in [-0.2, 0) is 18.8 Å². The van der Waals surface area contributed by atoms with Crippen LogP contribution in [0.1, 0.15) is 11.4 Å². The molecular weight excluding hydrogens is 258 g/mol. The molecule has 0 radical (unpaired) electrons. The fourth-order valence-corrected chi connectivity index (χ4v) is 2.43. The van der Waals surface area contributed by atoms with Gasteiger partial charge in [-0.05, 0) is 24.1 Å². The molecule has 0 aliphatic rings. The molecule has 0 N–H and O–H groups in total. The highest BCUT2D eigenvalue weighted by atomic mass is 35.5. The number of benzene rings is 1. The minimum absolute atomic E-state index is 0.408. The number of halogens is 1. The van der Waals surface area contributed by atoms with Crippen LogP contribution in [0.25, 0.3) is 11.2 Å². The molecular formula is C15H14ClN3. The summed E-state index contributed by atoms with van der Waals surface area (Å²) in [6.07, 6.45) is 2.74. The van der Waals surface area contributed by atoms with Crippen molar-refractivity contribution in [1.29, 1.82) is 0 Å². The third kappa shape index (κ3) is 2.47. The zero-order valence-electron chi connectivity index (χ0n) is 10.5. The second-order valence-electron chi connectivity index (χ2n) is 4.40. The van der Waals surface area contributed by atoms with Crippen LogP contribution >= 0.6 is 11.6 Å². The number of fused-ring (bicyclic) bond motifs is 1. The number of aromatic nitrogens is 3. The Hall–Kier alpha value is -1.87. The predicted molar refractivity (Wildman–Crippen MR) is 77.2 cm³/mol. The van der Waals surface area contributed by atoms with Gasteiger partial charge in [-0.1, -0.05) is 30.3 Å². The minimum atomic E-state index is 0.408. The molecule has 0 aliphatic heterocycles. The highest BCUT2D eigenvalue weighted by molar-refractivity contribution is 6.16. The molecule has 0 saturated heterocycles. The summed E-state index contributed by atoms with van der Waals surface area (Å²) >= 11 is 5.97. The van der Waals surface area contributed by atoms with Gasteiger partial charge >= 0.3 is 0 Å². The zero-order chi connectivity index (χ0) is 13.1. The van der Waals surface area contributed by atoms with E-state index in [1.807, 2.05) is 18.2 Å². The molecule has 3 rings (SSSR count). The van der Waals surface area contributed by atoms with Crippen LogP contribution in [0.5, 0.6) is 0 Å². The average molecular weight is 272 g/mol. The molecule has 3 aromatic rings. The van der Waals surface area contributed by atoms with Gasteiger partial charge in [0.1, 0.15) is 11.3 Å². The number of rotatable bonds is 4. The maximum Gasteiger partial charge on any atom is 0.160 e. The summed E-state index contributed by atoms with van der Waals surface area (Å²) in [5, 5.41) is 0. The molecule has 0 saturated carbocycles. The summed E-state index contributed by atoms with van der Waals surface area (Å²) in [6.45, 7) is 0.847. The van der Waals surface area contributed by atoms with Crippen LogP contribution in [-0.4, -0.2) is 14.5 Å². The predicted octanol–water partition coefficient (Wildman–Crippen LogP) is 3.41. The molecule has 0 atom stereocenters. The van der Waals surface area contributed by atoms with E-state index >= 15 is 0 Å². The SMILES string of the molecule is ClCc1nc2cccnc2n1CCc1ccccc1. The van der Waals surface area contributed by atoms with Gasteiger partial charge in [-0.2, -0.15) is 0 Å². The third-order valence-electron chi connectivity index (χ3n) is 3.17. The highest BCUT2D eigenvalue weighted by Crippen LogP contribution is 2.16. The molecule has 0 aliphatic carbocycles. The van der Waals surface area contributed by atoms with Gasteiger partial charge in [0.15, 0.2) is 5.65 Å². The Bertz CT molecular complexity index is 676. The van der Waals surface area contributed by atoms with Crippen LogP contribution in [0.3, 0.4) is 0 Å². The van der Waals surface area contributed by atoms with Gasteiger partial charge in [-0.3, -0.25) is 0 Å². The van der Waals surface area contributed by atoms with Gasteiger partial charge in [-0.25, -0.2) is 9.97 Å². The van der Waals surface area contributed by atoms with Crippen molar-refractivity contribution in [2.45, 2.75) is 18.8 Å². The number of hydrogen-bond donors (Lipinski definition) is 0. The van der Waals surface area contributed by atoms with Crippen molar-refractivity contribution >= 4 is 22.8 Å². The summed E-state index contributed by atoms with van der Waals surface area (Å²) in [5.74, 6) is 1.29. The number of nitrogens with zero attached hydrogens (tertiary/aromatic N) is 3. The van der Waals surface area contributed by atoms with Gasteiger partial charge in [-0.15, -0.1) is 11.6 Å². The molecule has 3 nitrogen and oxygen atoms in total. The van der Waals surface area contributed by atoms with E-state index < -0.39 is 0 Å². The molecule has 0 fully saturated rings. The maximum atomic E-state index is 5.97. The smallest absolute Gasteiger partial charge is 0.160 e. The van der Waals surface area contributed by atoms with Gasteiger partial charge < -0.3 is 4.57 Å². The lowest BCUT2D eigenvalue weighted by atomic mass is 10.1. The minimum Gasteiger partial charge on any atom is -0.311 e. The lowest BCUT2D eigenvalue weighted by Crippen LogP contribution is -2.05. The van der Waals surface area contributed by atoms with Crippen molar-refractivity contribution in [3.05, 3.63) is 60.0 Å². The average Bonchev–Trinajstić information content (AvgIpc) is 2.84. The van der Waals surface area contributed by atoms with E-state index in [9.17, 15) is 0 Å². The monoisotopic (exact) mass is 271 g/mol. The van der Waals surface area contributed by atoms with Crippen molar-refractivity contribution in [3.8, 4) is 0 Å². The fourth-order valence-electron chi connectivity index (χ4n) is 2.23. The molecule has 1 aromatic carbocycles. The standard InChI is InChI=1S/C15H14ClN3/c16-11-14-18-13-7-4-9-17-15(13)19(14)10-8-12-5-2-1-3-6-12/h1-7,9H,8,10-11H2. The summed E-state index contributed by atoms with van der Waals surface area (Å²) in [5.41, 5.74) is 3.13. The molecule has 0 spiro atoms. The lowest BCUT2D eigenvalue weighted by Gasteiger charge is -2.07. The van der Waals surface area contributed by atoms with E-state index in [4.69, 9.17) is 11.6 Å². The van der Waals surface area contributed by atoms with Crippen LogP contribution < -0.4 is 0 Å². The zero-order valence-corrected chi connectivity index (χ0v) is 11.2. The molecule has 4 heteroatoms. The van der Waals surface area contributed by atoms with Gasteiger partial charge in [0.05, 0.1) is 5.88 Å². The highest BCUT2D eigenvalue weighted by Gasteiger charge is 2.10. The molecule has 0 amide bonds. The Morgan fingerprint density at radius 2 is 1.89 bits per heavy atom. The second kappa shape index (κ2) is 5.41. The Kier molecular flexibility index (Phi) is 3.47. The van der Waals surface area contributed by atoms with Crippen molar-refractivity contribution in [3.63, 3.8) is 0 Å². The van der Waals surface area contributed by atoms with Crippen molar-refractivity contribution in [1.82, 2.24) is 14.5 Å². The van der Waals surface area contributed by atoms with E-state index in [2.05, 4.69) is 38.8 Å². The van der Waals surface area contributed by atoms with Crippen molar-refractivity contribution in [2.24, 2.45) is 0 Å². The fraction of sp³-hybridized carbons (Fsp3) is 0.200. The van der Waals surface area contributed by atoms with E-state index in [0.717, 1.165) is 30.0 Å². The van der Waals surface area contributed by atoms with E-state index in [-0.39, 0.29) is 0 Å². The number of aryl methyl sites for hydroxylation is 2. The topological polar surface area (TPSA) is 30.7 Å². The normalized spacial score (nSPS) is 11.0. The van der Waals surface area contributed by atoms with E-state index in [1.165, 1.54) is 5.56 Å².